The number of nitrogens with one attached hydrogen (secondary N) is 2. The zero-order valence-corrected chi connectivity index (χ0v) is 16.2. The zero-order chi connectivity index (χ0) is 18.7. The van der Waals surface area contributed by atoms with Crippen LogP contribution in [0.1, 0.15) is 22.2 Å². The minimum atomic E-state index is -0.165. The van der Waals surface area contributed by atoms with E-state index in [1.54, 1.807) is 12.1 Å². The van der Waals surface area contributed by atoms with Gasteiger partial charge in [-0.2, -0.15) is 0 Å². The molecule has 138 valence electrons. The van der Waals surface area contributed by atoms with Gasteiger partial charge in [0.1, 0.15) is 0 Å². The van der Waals surface area contributed by atoms with Crippen LogP contribution in [0.4, 0.5) is 16.4 Å². The average molecular weight is 372 g/mol. The summed E-state index contributed by atoms with van der Waals surface area (Å²) < 4.78 is 0. The molecule has 2 heterocycles. The summed E-state index contributed by atoms with van der Waals surface area (Å²) in [5.74, 6) is -0.309. The lowest BCUT2D eigenvalue weighted by molar-refractivity contribution is -0.114. The molecule has 0 atom stereocenters. The third-order valence-electron chi connectivity index (χ3n) is 4.46. The van der Waals surface area contributed by atoms with Crippen LogP contribution in [-0.4, -0.2) is 49.9 Å². The van der Waals surface area contributed by atoms with Crippen LogP contribution in [0.3, 0.4) is 0 Å². The quantitative estimate of drug-likeness (QED) is 0.866. The van der Waals surface area contributed by atoms with Crippen molar-refractivity contribution in [3.8, 4) is 0 Å². The van der Waals surface area contributed by atoms with E-state index in [9.17, 15) is 9.59 Å². The summed E-state index contributed by atoms with van der Waals surface area (Å²) in [5, 5.41) is 6.33. The fourth-order valence-corrected chi connectivity index (χ4v) is 3.78. The van der Waals surface area contributed by atoms with Gasteiger partial charge in [-0.1, -0.05) is 0 Å². The van der Waals surface area contributed by atoms with Gasteiger partial charge in [0.05, 0.1) is 9.88 Å². The molecule has 0 saturated carbocycles. The number of rotatable bonds is 4. The smallest absolute Gasteiger partial charge is 0.265 e. The topological polar surface area (TPSA) is 64.7 Å². The van der Waals surface area contributed by atoms with Gasteiger partial charge in [-0.3, -0.25) is 9.59 Å². The number of hydrogen-bond acceptors (Lipinski definition) is 5. The van der Waals surface area contributed by atoms with Crippen molar-refractivity contribution >= 4 is 39.5 Å². The Hall–Kier alpha value is -2.38. The maximum absolute atomic E-state index is 12.5. The van der Waals surface area contributed by atoms with E-state index in [2.05, 4.69) is 39.6 Å². The molecule has 0 radical (unpaired) electrons. The molecule has 2 aromatic rings. The van der Waals surface area contributed by atoms with Crippen molar-refractivity contribution in [2.45, 2.75) is 13.8 Å². The molecule has 0 aliphatic carbocycles. The molecule has 2 N–H and O–H groups in total. The van der Waals surface area contributed by atoms with Crippen LogP contribution < -0.4 is 15.5 Å². The molecule has 1 aromatic carbocycles. The molecule has 0 unspecified atom stereocenters. The predicted molar refractivity (Wildman–Crippen MR) is 107 cm³/mol. The number of aryl methyl sites for hydroxylation is 1. The van der Waals surface area contributed by atoms with Crippen LogP contribution in [0.15, 0.2) is 30.3 Å². The number of thiophene rings is 1. The molecular weight excluding hydrogens is 348 g/mol. The molecule has 1 aromatic heterocycles. The number of hydrogen-bond donors (Lipinski definition) is 2. The molecule has 6 nitrogen and oxygen atoms in total. The summed E-state index contributed by atoms with van der Waals surface area (Å²) >= 11 is 1.26. The van der Waals surface area contributed by atoms with Gasteiger partial charge >= 0.3 is 0 Å². The number of carbonyl (C=O) groups excluding carboxylic acids is 2. The number of piperazine rings is 1. The summed E-state index contributed by atoms with van der Waals surface area (Å²) in [5.41, 5.74) is 3.04. The second-order valence-electron chi connectivity index (χ2n) is 6.59. The van der Waals surface area contributed by atoms with Crippen molar-refractivity contribution in [1.29, 1.82) is 0 Å². The highest BCUT2D eigenvalue weighted by Crippen LogP contribution is 2.26. The van der Waals surface area contributed by atoms with Crippen LogP contribution in [0, 0.1) is 6.92 Å². The second kappa shape index (κ2) is 7.88. The molecule has 0 bridgehead atoms. The number of carbonyl (C=O) groups is 2. The lowest BCUT2D eigenvalue weighted by atomic mass is 10.1. The molecule has 7 heteroatoms. The van der Waals surface area contributed by atoms with Crippen molar-refractivity contribution in [2.24, 2.45) is 0 Å². The van der Waals surface area contributed by atoms with E-state index >= 15 is 0 Å². The van der Waals surface area contributed by atoms with Crippen LogP contribution >= 0.6 is 11.3 Å². The lowest BCUT2D eigenvalue weighted by Crippen LogP contribution is -2.44. The zero-order valence-electron chi connectivity index (χ0n) is 15.3. The summed E-state index contributed by atoms with van der Waals surface area (Å²) in [6, 6.07) is 9.61. The van der Waals surface area contributed by atoms with E-state index in [1.165, 1.54) is 23.9 Å². The largest absolute Gasteiger partial charge is 0.369 e. The summed E-state index contributed by atoms with van der Waals surface area (Å²) in [6.07, 6.45) is 0. The maximum Gasteiger partial charge on any atom is 0.265 e. The fourth-order valence-electron chi connectivity index (χ4n) is 2.93. The number of benzene rings is 1. The van der Waals surface area contributed by atoms with Gasteiger partial charge in [-0.05, 0) is 49.9 Å². The highest BCUT2D eigenvalue weighted by Gasteiger charge is 2.16. The highest BCUT2D eigenvalue weighted by atomic mass is 32.1. The second-order valence-corrected chi connectivity index (χ2v) is 7.67. The van der Waals surface area contributed by atoms with Crippen molar-refractivity contribution in [2.75, 3.05) is 48.8 Å². The molecule has 1 aliphatic heterocycles. The SMILES string of the molecule is CC(=O)Nc1ccc(C(=O)Nc2ccc(N3CCN(C)CC3)cc2C)s1. The molecule has 0 spiro atoms. The van der Waals surface area contributed by atoms with Crippen molar-refractivity contribution in [1.82, 2.24) is 4.90 Å². The first-order valence-electron chi connectivity index (χ1n) is 8.65. The van der Waals surface area contributed by atoms with Crippen LogP contribution in [0.2, 0.25) is 0 Å². The lowest BCUT2D eigenvalue weighted by Gasteiger charge is -2.34. The Morgan fingerprint density at radius 3 is 2.42 bits per heavy atom. The number of anilines is 3. The summed E-state index contributed by atoms with van der Waals surface area (Å²) in [7, 11) is 2.14. The first-order chi connectivity index (χ1) is 12.4. The number of amides is 2. The third-order valence-corrected chi connectivity index (χ3v) is 5.46. The Balaban J connectivity index is 1.67. The first-order valence-corrected chi connectivity index (χ1v) is 9.47. The van der Waals surface area contributed by atoms with Gasteiger partial charge in [0.25, 0.3) is 5.91 Å². The Morgan fingerprint density at radius 2 is 1.77 bits per heavy atom. The standard InChI is InChI=1S/C19H24N4O2S/c1-13-12-15(23-10-8-22(3)9-11-23)4-5-16(13)21-19(25)17-6-7-18(26-17)20-14(2)24/h4-7,12H,8-11H2,1-3H3,(H,20,24)(H,21,25). The molecule has 1 aliphatic rings. The minimum absolute atomic E-state index is 0.144. The Morgan fingerprint density at radius 1 is 1.04 bits per heavy atom. The Bertz CT molecular complexity index is 810. The van der Waals surface area contributed by atoms with E-state index in [4.69, 9.17) is 0 Å². The predicted octanol–water partition coefficient (Wildman–Crippen LogP) is 3.02. The molecule has 2 amide bonds. The van der Waals surface area contributed by atoms with E-state index in [0.29, 0.717) is 9.88 Å². The van der Waals surface area contributed by atoms with Crippen molar-refractivity contribution in [3.05, 3.63) is 40.8 Å². The molecule has 26 heavy (non-hydrogen) atoms. The number of nitrogens with zero attached hydrogens (tertiary/aromatic N) is 2. The molecule has 1 fully saturated rings. The van der Waals surface area contributed by atoms with Gasteiger partial charge in [0.2, 0.25) is 5.91 Å². The number of likely N-dealkylation sites (N-methyl/N-ethyl adjacent to an activating group) is 1. The van der Waals surface area contributed by atoms with E-state index in [-0.39, 0.29) is 11.8 Å². The van der Waals surface area contributed by atoms with E-state index in [0.717, 1.165) is 37.4 Å². The van der Waals surface area contributed by atoms with Gasteiger partial charge in [-0.15, -0.1) is 11.3 Å². The van der Waals surface area contributed by atoms with Crippen molar-refractivity contribution < 1.29 is 9.59 Å². The monoisotopic (exact) mass is 372 g/mol. The first kappa shape index (κ1) is 18.4. The fraction of sp³-hybridized carbons (Fsp3) is 0.368. The van der Waals surface area contributed by atoms with Crippen LogP contribution in [-0.2, 0) is 4.79 Å². The van der Waals surface area contributed by atoms with Gasteiger partial charge < -0.3 is 20.4 Å². The Labute approximate surface area is 157 Å². The van der Waals surface area contributed by atoms with E-state index < -0.39 is 0 Å². The van der Waals surface area contributed by atoms with Crippen molar-refractivity contribution in [3.63, 3.8) is 0 Å². The molecule has 3 rings (SSSR count). The molecular formula is C19H24N4O2S. The van der Waals surface area contributed by atoms with Gasteiger partial charge in [0.15, 0.2) is 0 Å². The summed E-state index contributed by atoms with van der Waals surface area (Å²) in [4.78, 5) is 28.8. The third kappa shape index (κ3) is 4.42. The molecule has 1 saturated heterocycles. The normalized spacial score (nSPS) is 15.0. The minimum Gasteiger partial charge on any atom is -0.369 e. The highest BCUT2D eigenvalue weighted by molar-refractivity contribution is 7.18. The van der Waals surface area contributed by atoms with Crippen LogP contribution in [0.5, 0.6) is 0 Å². The van der Waals surface area contributed by atoms with Gasteiger partial charge in [0, 0.05) is 44.5 Å². The maximum atomic E-state index is 12.5. The average Bonchev–Trinajstić information content (AvgIpc) is 3.05. The summed E-state index contributed by atoms with van der Waals surface area (Å²) in [6.45, 7) is 7.61. The van der Waals surface area contributed by atoms with Crippen LogP contribution in [0.25, 0.3) is 0 Å². The van der Waals surface area contributed by atoms with Gasteiger partial charge in [-0.25, -0.2) is 0 Å². The Kier molecular flexibility index (Phi) is 5.58. The van der Waals surface area contributed by atoms with E-state index in [1.807, 2.05) is 13.0 Å².